The van der Waals surface area contributed by atoms with Gasteiger partial charge in [-0.3, -0.25) is 0 Å². The molecule has 0 aromatic carbocycles. The molecule has 2 aromatic heterocycles. The molecule has 2 aromatic rings. The molecule has 2 rings (SSSR count). The molecule has 0 aliphatic carbocycles. The fourth-order valence-corrected chi connectivity index (χ4v) is 1.74. The van der Waals surface area contributed by atoms with Crippen molar-refractivity contribution < 1.29 is 4.42 Å². The molecule has 1 N–H and O–H groups in total. The van der Waals surface area contributed by atoms with E-state index in [1.165, 1.54) is 0 Å². The van der Waals surface area contributed by atoms with E-state index < -0.39 is 0 Å². The fraction of sp³-hybridized carbons (Fsp3) is 0.273. The molecule has 2 heterocycles. The largest absolute Gasteiger partial charge is 0.458 e. The van der Waals surface area contributed by atoms with E-state index in [1.54, 1.807) is 6.20 Å². The molecule has 0 aliphatic rings. The number of furan rings is 1. The lowest BCUT2D eigenvalue weighted by atomic mass is 10.3. The van der Waals surface area contributed by atoms with Gasteiger partial charge in [0.1, 0.15) is 11.6 Å². The van der Waals surface area contributed by atoms with Crippen LogP contribution in [0, 0.1) is 0 Å². The van der Waals surface area contributed by atoms with Gasteiger partial charge in [-0.15, -0.1) is 0 Å². The van der Waals surface area contributed by atoms with E-state index in [2.05, 4.69) is 31.2 Å². The Morgan fingerprint density at radius 1 is 1.44 bits per heavy atom. The standard InChI is InChI=1S/C11H12BrN3O/c1-3-7-4-5-9(16-7)11-14-6-8(12)10(13-2)15-11/h4-6H,3H2,1-2H3,(H,13,14,15). The minimum Gasteiger partial charge on any atom is -0.458 e. The number of aromatic nitrogens is 2. The normalized spacial score (nSPS) is 10.4. The van der Waals surface area contributed by atoms with Crippen molar-refractivity contribution >= 4 is 21.7 Å². The average molecular weight is 282 g/mol. The first kappa shape index (κ1) is 11.1. The third-order valence-electron chi connectivity index (χ3n) is 2.21. The van der Waals surface area contributed by atoms with Crippen LogP contribution in [0.3, 0.4) is 0 Å². The van der Waals surface area contributed by atoms with Crippen LogP contribution in [0.5, 0.6) is 0 Å². The van der Waals surface area contributed by atoms with Gasteiger partial charge in [0.2, 0.25) is 0 Å². The molecule has 0 spiro atoms. The van der Waals surface area contributed by atoms with Gasteiger partial charge >= 0.3 is 0 Å². The third kappa shape index (κ3) is 2.09. The van der Waals surface area contributed by atoms with Crippen LogP contribution in [-0.4, -0.2) is 17.0 Å². The van der Waals surface area contributed by atoms with E-state index in [0.29, 0.717) is 11.6 Å². The highest BCUT2D eigenvalue weighted by molar-refractivity contribution is 9.10. The van der Waals surface area contributed by atoms with Gasteiger partial charge in [0.15, 0.2) is 11.6 Å². The molecule has 0 saturated carbocycles. The summed E-state index contributed by atoms with van der Waals surface area (Å²) < 4.78 is 6.42. The van der Waals surface area contributed by atoms with Crippen LogP contribution in [0.4, 0.5) is 5.82 Å². The summed E-state index contributed by atoms with van der Waals surface area (Å²) in [4.78, 5) is 8.56. The smallest absolute Gasteiger partial charge is 0.197 e. The van der Waals surface area contributed by atoms with Crippen LogP contribution in [-0.2, 0) is 6.42 Å². The predicted octanol–water partition coefficient (Wildman–Crippen LogP) is 3.10. The summed E-state index contributed by atoms with van der Waals surface area (Å²) >= 11 is 3.36. The number of rotatable bonds is 3. The second-order valence-electron chi connectivity index (χ2n) is 3.26. The summed E-state index contributed by atoms with van der Waals surface area (Å²) in [6.07, 6.45) is 2.58. The first-order valence-corrected chi connectivity index (χ1v) is 5.83. The maximum atomic E-state index is 5.59. The van der Waals surface area contributed by atoms with E-state index in [-0.39, 0.29) is 0 Å². The van der Waals surface area contributed by atoms with Crippen LogP contribution in [0.15, 0.2) is 27.2 Å². The molecule has 16 heavy (non-hydrogen) atoms. The van der Waals surface area contributed by atoms with Gasteiger partial charge in [0, 0.05) is 19.7 Å². The molecule has 0 radical (unpaired) electrons. The van der Waals surface area contributed by atoms with Crippen molar-refractivity contribution in [1.29, 1.82) is 0 Å². The number of halogens is 1. The van der Waals surface area contributed by atoms with Gasteiger partial charge in [0.05, 0.1) is 4.47 Å². The van der Waals surface area contributed by atoms with Gasteiger partial charge in [-0.05, 0) is 28.1 Å². The van der Waals surface area contributed by atoms with Crippen molar-refractivity contribution in [2.75, 3.05) is 12.4 Å². The quantitative estimate of drug-likeness (QED) is 0.939. The highest BCUT2D eigenvalue weighted by Gasteiger charge is 2.09. The Morgan fingerprint density at radius 2 is 2.25 bits per heavy atom. The zero-order valence-electron chi connectivity index (χ0n) is 9.12. The van der Waals surface area contributed by atoms with Crippen LogP contribution < -0.4 is 5.32 Å². The van der Waals surface area contributed by atoms with Gasteiger partial charge < -0.3 is 9.73 Å². The van der Waals surface area contributed by atoms with Crippen molar-refractivity contribution in [3.05, 3.63) is 28.6 Å². The van der Waals surface area contributed by atoms with E-state index in [4.69, 9.17) is 4.42 Å². The molecule has 0 aliphatic heterocycles. The molecule has 0 atom stereocenters. The van der Waals surface area contributed by atoms with Crippen molar-refractivity contribution in [3.63, 3.8) is 0 Å². The summed E-state index contributed by atoms with van der Waals surface area (Å²) in [5.74, 6) is 2.97. The van der Waals surface area contributed by atoms with E-state index in [9.17, 15) is 0 Å². The van der Waals surface area contributed by atoms with Crippen LogP contribution in [0.25, 0.3) is 11.6 Å². The number of nitrogens with zero attached hydrogens (tertiary/aromatic N) is 2. The minimum atomic E-state index is 0.590. The Bertz CT molecular complexity index is 496. The molecule has 4 nitrogen and oxygen atoms in total. The van der Waals surface area contributed by atoms with Crippen molar-refractivity contribution in [1.82, 2.24) is 9.97 Å². The van der Waals surface area contributed by atoms with Crippen LogP contribution in [0.2, 0.25) is 0 Å². The second kappa shape index (κ2) is 4.65. The fourth-order valence-electron chi connectivity index (χ4n) is 1.35. The zero-order valence-corrected chi connectivity index (χ0v) is 10.7. The summed E-state index contributed by atoms with van der Waals surface area (Å²) in [6.45, 7) is 2.05. The molecule has 0 fully saturated rings. The third-order valence-corrected chi connectivity index (χ3v) is 2.79. The Balaban J connectivity index is 2.40. The highest BCUT2D eigenvalue weighted by Crippen LogP contribution is 2.24. The molecule has 5 heteroatoms. The van der Waals surface area contributed by atoms with Gasteiger partial charge in [-0.1, -0.05) is 6.92 Å². The molecule has 0 saturated heterocycles. The van der Waals surface area contributed by atoms with E-state index in [0.717, 1.165) is 22.5 Å². The lowest BCUT2D eigenvalue weighted by Gasteiger charge is -2.03. The first-order valence-electron chi connectivity index (χ1n) is 5.04. The number of aryl methyl sites for hydroxylation is 1. The van der Waals surface area contributed by atoms with E-state index >= 15 is 0 Å². The number of nitrogens with one attached hydrogen (secondary N) is 1. The molecule has 0 amide bonds. The maximum absolute atomic E-state index is 5.59. The lowest BCUT2D eigenvalue weighted by Crippen LogP contribution is -1.96. The second-order valence-corrected chi connectivity index (χ2v) is 4.11. The number of hydrogen-bond acceptors (Lipinski definition) is 4. The van der Waals surface area contributed by atoms with Gasteiger partial charge in [-0.25, -0.2) is 9.97 Å². The SMILES string of the molecule is CCc1ccc(-c2ncc(Br)c(NC)n2)o1. The lowest BCUT2D eigenvalue weighted by molar-refractivity contribution is 0.525. The van der Waals surface area contributed by atoms with Crippen molar-refractivity contribution in [3.8, 4) is 11.6 Å². The highest BCUT2D eigenvalue weighted by atomic mass is 79.9. The van der Waals surface area contributed by atoms with Gasteiger partial charge in [0.25, 0.3) is 0 Å². The monoisotopic (exact) mass is 281 g/mol. The molecule has 84 valence electrons. The molecule has 0 unspecified atom stereocenters. The summed E-state index contributed by atoms with van der Waals surface area (Å²) in [6, 6.07) is 3.83. The molecular weight excluding hydrogens is 270 g/mol. The van der Waals surface area contributed by atoms with Gasteiger partial charge in [-0.2, -0.15) is 0 Å². The van der Waals surface area contributed by atoms with Crippen LogP contribution in [0.1, 0.15) is 12.7 Å². The minimum absolute atomic E-state index is 0.590. The van der Waals surface area contributed by atoms with Crippen LogP contribution >= 0.6 is 15.9 Å². The zero-order chi connectivity index (χ0) is 11.5. The summed E-state index contributed by atoms with van der Waals surface area (Å²) in [5, 5.41) is 2.99. The Kier molecular flexibility index (Phi) is 3.24. The number of anilines is 1. The van der Waals surface area contributed by atoms with Crippen molar-refractivity contribution in [2.45, 2.75) is 13.3 Å². The Labute approximate surface area is 102 Å². The molecular formula is C11H12BrN3O. The first-order chi connectivity index (χ1) is 7.74. The Hall–Kier alpha value is -1.36. The topological polar surface area (TPSA) is 51.0 Å². The average Bonchev–Trinajstić information content (AvgIpc) is 2.78. The summed E-state index contributed by atoms with van der Waals surface area (Å²) in [7, 11) is 1.82. The maximum Gasteiger partial charge on any atom is 0.197 e. The van der Waals surface area contributed by atoms with E-state index in [1.807, 2.05) is 26.1 Å². The predicted molar refractivity (Wildman–Crippen MR) is 66.4 cm³/mol. The summed E-state index contributed by atoms with van der Waals surface area (Å²) in [5.41, 5.74) is 0. The molecule has 0 bridgehead atoms. The van der Waals surface area contributed by atoms with Crippen molar-refractivity contribution in [2.24, 2.45) is 0 Å². The Morgan fingerprint density at radius 3 is 2.88 bits per heavy atom. The number of hydrogen-bond donors (Lipinski definition) is 1.